The molecular formula is C21H36ClN3O4S. The zero-order chi connectivity index (χ0) is 21.3. The minimum absolute atomic E-state index is 0. The van der Waals surface area contributed by atoms with Gasteiger partial charge in [-0.15, -0.1) is 12.4 Å². The van der Waals surface area contributed by atoms with E-state index in [4.69, 9.17) is 4.74 Å². The van der Waals surface area contributed by atoms with E-state index < -0.39 is 10.0 Å². The fourth-order valence-corrected chi connectivity index (χ4v) is 5.10. The van der Waals surface area contributed by atoms with E-state index in [2.05, 4.69) is 24.1 Å². The van der Waals surface area contributed by atoms with Crippen LogP contribution < -0.4 is 10.1 Å². The molecule has 1 saturated heterocycles. The Bertz CT molecular complexity index is 729. The number of nitrogens with zero attached hydrogens (tertiary/aromatic N) is 2. The van der Waals surface area contributed by atoms with E-state index >= 15 is 0 Å². The molecule has 0 aromatic heterocycles. The van der Waals surface area contributed by atoms with E-state index in [1.54, 1.807) is 31.4 Å². The van der Waals surface area contributed by atoms with Crippen LogP contribution in [0.5, 0.6) is 5.75 Å². The van der Waals surface area contributed by atoms with Crippen molar-refractivity contribution in [1.29, 1.82) is 0 Å². The van der Waals surface area contributed by atoms with Crippen molar-refractivity contribution in [2.45, 2.75) is 44.4 Å². The highest BCUT2D eigenvalue weighted by atomic mass is 35.5. The van der Waals surface area contributed by atoms with Crippen LogP contribution in [0.25, 0.3) is 0 Å². The Morgan fingerprint density at radius 2 is 1.63 bits per heavy atom. The van der Waals surface area contributed by atoms with Crippen LogP contribution in [-0.4, -0.2) is 69.9 Å². The molecule has 1 N–H and O–H groups in total. The predicted molar refractivity (Wildman–Crippen MR) is 122 cm³/mol. The van der Waals surface area contributed by atoms with Crippen molar-refractivity contribution in [3.63, 3.8) is 0 Å². The molecule has 0 saturated carbocycles. The first-order valence-corrected chi connectivity index (χ1v) is 12.0. The Kier molecular flexibility index (Phi) is 11.7. The first-order chi connectivity index (χ1) is 13.9. The number of benzene rings is 1. The summed E-state index contributed by atoms with van der Waals surface area (Å²) in [6.07, 6.45) is 3.90. The molecule has 0 atom stereocenters. The summed E-state index contributed by atoms with van der Waals surface area (Å²) in [4.78, 5) is 14.8. The van der Waals surface area contributed by atoms with Gasteiger partial charge in [0, 0.05) is 45.2 Å². The zero-order valence-electron chi connectivity index (χ0n) is 18.3. The molecule has 9 heteroatoms. The molecule has 1 heterocycles. The minimum atomic E-state index is -3.49. The standard InChI is InChI=1S/C21H35N3O4S.ClH/c1-4-6-18(7-5-2)21(25)22-12-13-23-14-16-24(17-15-23)29(26,27)20-10-8-19(28-3)9-11-20;/h8-11,18H,4-7,12-17H2,1-3H3,(H,22,25);1H. The van der Waals surface area contributed by atoms with Crippen LogP contribution in [0.2, 0.25) is 0 Å². The third-order valence-electron chi connectivity index (χ3n) is 5.40. The van der Waals surface area contributed by atoms with Gasteiger partial charge in [-0.1, -0.05) is 26.7 Å². The quantitative estimate of drug-likeness (QED) is 0.548. The number of rotatable bonds is 11. The number of nitrogens with one attached hydrogen (secondary N) is 1. The predicted octanol–water partition coefficient (Wildman–Crippen LogP) is 2.76. The van der Waals surface area contributed by atoms with Gasteiger partial charge in [0.2, 0.25) is 15.9 Å². The maximum atomic E-state index is 12.8. The normalized spacial score (nSPS) is 15.6. The van der Waals surface area contributed by atoms with Gasteiger partial charge in [0.1, 0.15) is 5.75 Å². The highest BCUT2D eigenvalue weighted by Crippen LogP contribution is 2.20. The number of hydrogen-bond donors (Lipinski definition) is 1. The number of methoxy groups -OCH3 is 1. The van der Waals surface area contributed by atoms with Crippen molar-refractivity contribution in [3.8, 4) is 5.75 Å². The van der Waals surface area contributed by atoms with Gasteiger partial charge in [-0.25, -0.2) is 8.42 Å². The summed E-state index contributed by atoms with van der Waals surface area (Å²) < 4.78 is 32.2. The lowest BCUT2D eigenvalue weighted by molar-refractivity contribution is -0.125. The smallest absolute Gasteiger partial charge is 0.243 e. The molecule has 1 fully saturated rings. The summed E-state index contributed by atoms with van der Waals surface area (Å²) in [6, 6.07) is 6.49. The molecule has 30 heavy (non-hydrogen) atoms. The number of sulfonamides is 1. The van der Waals surface area contributed by atoms with E-state index in [1.165, 1.54) is 4.31 Å². The molecule has 1 aliphatic rings. The Labute approximate surface area is 187 Å². The summed E-state index contributed by atoms with van der Waals surface area (Å²) in [7, 11) is -1.93. The monoisotopic (exact) mass is 461 g/mol. The third-order valence-corrected chi connectivity index (χ3v) is 7.31. The van der Waals surface area contributed by atoms with Gasteiger partial charge in [0.25, 0.3) is 0 Å². The fraction of sp³-hybridized carbons (Fsp3) is 0.667. The van der Waals surface area contributed by atoms with Gasteiger partial charge in [0.15, 0.2) is 0 Å². The average molecular weight is 462 g/mol. The number of carbonyl (C=O) groups excluding carboxylic acids is 1. The Morgan fingerprint density at radius 1 is 1.07 bits per heavy atom. The first-order valence-electron chi connectivity index (χ1n) is 10.6. The molecule has 1 aromatic carbocycles. The molecule has 0 bridgehead atoms. The number of piperazine rings is 1. The fourth-order valence-electron chi connectivity index (χ4n) is 3.68. The van der Waals surface area contributed by atoms with Crippen molar-refractivity contribution in [2.75, 3.05) is 46.4 Å². The Morgan fingerprint density at radius 3 is 2.13 bits per heavy atom. The van der Waals surface area contributed by atoms with Crippen molar-refractivity contribution < 1.29 is 17.9 Å². The molecule has 1 aliphatic heterocycles. The number of hydrogen-bond acceptors (Lipinski definition) is 5. The molecule has 0 unspecified atom stereocenters. The topological polar surface area (TPSA) is 79.0 Å². The van der Waals surface area contributed by atoms with Crippen molar-refractivity contribution >= 4 is 28.3 Å². The largest absolute Gasteiger partial charge is 0.497 e. The molecule has 0 radical (unpaired) electrons. The highest BCUT2D eigenvalue weighted by molar-refractivity contribution is 7.89. The molecule has 172 valence electrons. The van der Waals surface area contributed by atoms with Crippen LogP contribution in [0, 0.1) is 5.92 Å². The number of carbonyl (C=O) groups is 1. The van der Waals surface area contributed by atoms with E-state index in [0.717, 1.165) is 32.2 Å². The lowest BCUT2D eigenvalue weighted by Gasteiger charge is -2.34. The second-order valence-electron chi connectivity index (χ2n) is 7.49. The van der Waals surface area contributed by atoms with Gasteiger partial charge in [-0.2, -0.15) is 4.31 Å². The second kappa shape index (κ2) is 13.1. The molecule has 0 spiro atoms. The SMILES string of the molecule is CCCC(CCC)C(=O)NCCN1CCN(S(=O)(=O)c2ccc(OC)cc2)CC1.Cl. The molecule has 0 aliphatic carbocycles. The van der Waals surface area contributed by atoms with E-state index in [9.17, 15) is 13.2 Å². The Hall–Kier alpha value is -1.35. The van der Waals surface area contributed by atoms with Crippen LogP contribution in [0.1, 0.15) is 39.5 Å². The van der Waals surface area contributed by atoms with E-state index in [-0.39, 0.29) is 29.1 Å². The van der Waals surface area contributed by atoms with Crippen LogP contribution in [0.4, 0.5) is 0 Å². The lowest BCUT2D eigenvalue weighted by Crippen LogP contribution is -2.50. The molecule has 2 rings (SSSR count). The maximum absolute atomic E-state index is 12.8. The van der Waals surface area contributed by atoms with E-state index in [1.807, 2.05) is 0 Å². The van der Waals surface area contributed by atoms with Crippen LogP contribution in [0.15, 0.2) is 29.2 Å². The minimum Gasteiger partial charge on any atom is -0.497 e. The number of ether oxygens (including phenoxy) is 1. The number of halogens is 1. The van der Waals surface area contributed by atoms with E-state index in [0.29, 0.717) is 38.5 Å². The summed E-state index contributed by atoms with van der Waals surface area (Å²) in [5, 5.41) is 3.05. The van der Waals surface area contributed by atoms with Gasteiger partial charge in [0.05, 0.1) is 12.0 Å². The average Bonchev–Trinajstić information content (AvgIpc) is 2.74. The summed E-state index contributed by atoms with van der Waals surface area (Å²) in [5.41, 5.74) is 0. The lowest BCUT2D eigenvalue weighted by atomic mass is 9.97. The van der Waals surface area contributed by atoms with Crippen molar-refractivity contribution in [2.24, 2.45) is 5.92 Å². The maximum Gasteiger partial charge on any atom is 0.243 e. The Balaban J connectivity index is 0.00000450. The third kappa shape index (κ3) is 7.41. The van der Waals surface area contributed by atoms with Crippen molar-refractivity contribution in [1.82, 2.24) is 14.5 Å². The summed E-state index contributed by atoms with van der Waals surface area (Å²) in [5.74, 6) is 0.891. The first kappa shape index (κ1) is 26.7. The molecule has 1 amide bonds. The second-order valence-corrected chi connectivity index (χ2v) is 9.42. The zero-order valence-corrected chi connectivity index (χ0v) is 19.9. The molecule has 7 nitrogen and oxygen atoms in total. The van der Waals surface area contributed by atoms with Gasteiger partial charge < -0.3 is 10.1 Å². The highest BCUT2D eigenvalue weighted by Gasteiger charge is 2.28. The van der Waals surface area contributed by atoms with Crippen LogP contribution >= 0.6 is 12.4 Å². The summed E-state index contributed by atoms with van der Waals surface area (Å²) >= 11 is 0. The summed E-state index contributed by atoms with van der Waals surface area (Å²) in [6.45, 7) is 7.80. The molecule has 1 aromatic rings. The van der Waals surface area contributed by atoms with Gasteiger partial charge in [-0.05, 0) is 37.1 Å². The van der Waals surface area contributed by atoms with Crippen LogP contribution in [-0.2, 0) is 14.8 Å². The van der Waals surface area contributed by atoms with Gasteiger partial charge >= 0.3 is 0 Å². The van der Waals surface area contributed by atoms with Crippen LogP contribution in [0.3, 0.4) is 0 Å². The van der Waals surface area contributed by atoms with Gasteiger partial charge in [-0.3, -0.25) is 9.69 Å². The number of amides is 1. The molecular weight excluding hydrogens is 426 g/mol. The van der Waals surface area contributed by atoms with Crippen molar-refractivity contribution in [3.05, 3.63) is 24.3 Å².